The number of carbonyl (C=O) groups excluding carboxylic acids is 2. The van der Waals surface area contributed by atoms with Crippen LogP contribution in [0.4, 0.5) is 0 Å². The van der Waals surface area contributed by atoms with Gasteiger partial charge in [0.15, 0.2) is 0 Å². The van der Waals surface area contributed by atoms with Crippen molar-refractivity contribution < 1.29 is 9.59 Å². The van der Waals surface area contributed by atoms with Gasteiger partial charge in [0.1, 0.15) is 0 Å². The third-order valence-electron chi connectivity index (χ3n) is 3.99. The molecule has 1 aliphatic heterocycles. The molecule has 0 bridgehead atoms. The number of nitrogens with zero attached hydrogens (tertiary/aromatic N) is 1. The molecule has 120 valence electrons. The van der Waals surface area contributed by atoms with Gasteiger partial charge in [-0.2, -0.15) is 0 Å². The highest BCUT2D eigenvalue weighted by molar-refractivity contribution is 5.78. The molecule has 5 nitrogen and oxygen atoms in total. The van der Waals surface area contributed by atoms with Crippen LogP contribution in [-0.4, -0.2) is 42.9 Å². The van der Waals surface area contributed by atoms with E-state index in [1.54, 1.807) is 0 Å². The molecule has 2 amide bonds. The van der Waals surface area contributed by atoms with Crippen molar-refractivity contribution in [1.29, 1.82) is 0 Å². The third-order valence-corrected chi connectivity index (χ3v) is 3.99. The second-order valence-corrected chi connectivity index (χ2v) is 5.87. The maximum Gasteiger partial charge on any atom is 0.234 e. The van der Waals surface area contributed by atoms with E-state index in [1.165, 1.54) is 18.1 Å². The lowest BCUT2D eigenvalue weighted by atomic mass is 10.0. The Labute approximate surface area is 132 Å². The monoisotopic (exact) mass is 303 g/mol. The number of rotatable bonds is 6. The summed E-state index contributed by atoms with van der Waals surface area (Å²) in [7, 11) is 0. The lowest BCUT2D eigenvalue weighted by Crippen LogP contribution is -2.40. The largest absolute Gasteiger partial charge is 0.355 e. The minimum Gasteiger partial charge on any atom is -0.355 e. The molecule has 2 N–H and O–H groups in total. The molecule has 0 saturated carbocycles. The Kier molecular flexibility index (Phi) is 5.95. The number of hydrogen-bond acceptors (Lipinski definition) is 3. The maximum absolute atomic E-state index is 12.0. The molecule has 1 heterocycles. The standard InChI is InChI=1S/C17H25N3O2/c1-13-5-7-15(8-6-13)16-4-3-11-20(16)12-17(22)19-10-9-18-14(2)21/h5-8,16H,3-4,9-12H2,1-2H3,(H,18,21)(H,19,22). The fourth-order valence-corrected chi connectivity index (χ4v) is 2.86. The van der Waals surface area contributed by atoms with E-state index in [4.69, 9.17) is 0 Å². The zero-order valence-electron chi connectivity index (χ0n) is 13.4. The summed E-state index contributed by atoms with van der Waals surface area (Å²) in [6.07, 6.45) is 2.22. The normalized spacial score (nSPS) is 18.2. The molecule has 22 heavy (non-hydrogen) atoms. The summed E-state index contributed by atoms with van der Waals surface area (Å²) in [6.45, 7) is 5.87. The average Bonchev–Trinajstić information content (AvgIpc) is 2.92. The lowest BCUT2D eigenvalue weighted by Gasteiger charge is -2.24. The van der Waals surface area contributed by atoms with Crippen LogP contribution in [0.25, 0.3) is 0 Å². The lowest BCUT2D eigenvalue weighted by molar-refractivity contribution is -0.123. The molecule has 1 unspecified atom stereocenters. The first kappa shape index (κ1) is 16.5. The Morgan fingerprint density at radius 1 is 1.18 bits per heavy atom. The van der Waals surface area contributed by atoms with Crippen LogP contribution >= 0.6 is 0 Å². The van der Waals surface area contributed by atoms with Crippen molar-refractivity contribution in [2.75, 3.05) is 26.2 Å². The molecule has 0 radical (unpaired) electrons. The van der Waals surface area contributed by atoms with Gasteiger partial charge < -0.3 is 10.6 Å². The van der Waals surface area contributed by atoms with E-state index in [0.29, 0.717) is 25.7 Å². The predicted molar refractivity (Wildman–Crippen MR) is 86.4 cm³/mol. The van der Waals surface area contributed by atoms with Crippen LogP contribution in [0.2, 0.25) is 0 Å². The molecular weight excluding hydrogens is 278 g/mol. The second-order valence-electron chi connectivity index (χ2n) is 5.87. The predicted octanol–water partition coefficient (Wildman–Crippen LogP) is 1.38. The van der Waals surface area contributed by atoms with E-state index in [9.17, 15) is 9.59 Å². The Morgan fingerprint density at radius 3 is 2.55 bits per heavy atom. The van der Waals surface area contributed by atoms with Gasteiger partial charge in [0, 0.05) is 26.1 Å². The van der Waals surface area contributed by atoms with E-state index >= 15 is 0 Å². The molecular formula is C17H25N3O2. The summed E-state index contributed by atoms with van der Waals surface area (Å²) in [5.74, 6) is -0.0578. The molecule has 5 heteroatoms. The topological polar surface area (TPSA) is 61.4 Å². The SMILES string of the molecule is CC(=O)NCCNC(=O)CN1CCCC1c1ccc(C)cc1. The number of hydrogen-bond donors (Lipinski definition) is 2. The molecule has 1 aromatic carbocycles. The number of benzene rings is 1. The Balaban J connectivity index is 1.82. The van der Waals surface area contributed by atoms with Gasteiger partial charge in [0.2, 0.25) is 11.8 Å². The van der Waals surface area contributed by atoms with Crippen molar-refractivity contribution in [3.05, 3.63) is 35.4 Å². The molecule has 1 fully saturated rings. The molecule has 1 aliphatic rings. The van der Waals surface area contributed by atoms with Crippen molar-refractivity contribution in [2.45, 2.75) is 32.7 Å². The van der Waals surface area contributed by atoms with Crippen LogP contribution in [0.3, 0.4) is 0 Å². The van der Waals surface area contributed by atoms with Crippen LogP contribution in [-0.2, 0) is 9.59 Å². The first-order valence-electron chi connectivity index (χ1n) is 7.88. The number of carbonyl (C=O) groups is 2. The molecule has 0 aliphatic carbocycles. The Bertz CT molecular complexity index is 513. The Hall–Kier alpha value is -1.88. The van der Waals surface area contributed by atoms with Gasteiger partial charge in [-0.25, -0.2) is 0 Å². The summed E-state index contributed by atoms with van der Waals surface area (Å²) < 4.78 is 0. The minimum atomic E-state index is -0.0757. The minimum absolute atomic E-state index is 0.0179. The Morgan fingerprint density at radius 2 is 1.86 bits per heavy atom. The van der Waals surface area contributed by atoms with Gasteiger partial charge in [-0.3, -0.25) is 14.5 Å². The van der Waals surface area contributed by atoms with Crippen LogP contribution in [0, 0.1) is 6.92 Å². The van der Waals surface area contributed by atoms with Crippen molar-refractivity contribution in [3.63, 3.8) is 0 Å². The van der Waals surface area contributed by atoms with Gasteiger partial charge in [-0.15, -0.1) is 0 Å². The van der Waals surface area contributed by atoms with Gasteiger partial charge in [-0.1, -0.05) is 29.8 Å². The van der Waals surface area contributed by atoms with Crippen molar-refractivity contribution >= 4 is 11.8 Å². The van der Waals surface area contributed by atoms with Crippen LogP contribution < -0.4 is 10.6 Å². The van der Waals surface area contributed by atoms with Crippen molar-refractivity contribution in [2.24, 2.45) is 0 Å². The molecule has 1 atom stereocenters. The highest BCUT2D eigenvalue weighted by Crippen LogP contribution is 2.31. The highest BCUT2D eigenvalue weighted by Gasteiger charge is 2.27. The molecule has 1 saturated heterocycles. The maximum atomic E-state index is 12.0. The van der Waals surface area contributed by atoms with Gasteiger partial charge in [0.05, 0.1) is 6.54 Å². The van der Waals surface area contributed by atoms with Crippen LogP contribution in [0.1, 0.15) is 36.9 Å². The first-order chi connectivity index (χ1) is 10.6. The summed E-state index contributed by atoms with van der Waals surface area (Å²) in [4.78, 5) is 25.0. The van der Waals surface area contributed by atoms with Gasteiger partial charge >= 0.3 is 0 Å². The summed E-state index contributed by atoms with van der Waals surface area (Å²) >= 11 is 0. The molecule has 2 rings (SSSR count). The van der Waals surface area contributed by atoms with Crippen molar-refractivity contribution in [1.82, 2.24) is 15.5 Å². The highest BCUT2D eigenvalue weighted by atomic mass is 16.2. The molecule has 0 aromatic heterocycles. The molecule has 0 spiro atoms. The summed E-state index contributed by atoms with van der Waals surface area (Å²) in [6, 6.07) is 8.90. The number of nitrogens with one attached hydrogen (secondary N) is 2. The van der Waals surface area contributed by atoms with Crippen LogP contribution in [0.5, 0.6) is 0 Å². The quantitative estimate of drug-likeness (QED) is 0.781. The van der Waals surface area contributed by atoms with Gasteiger partial charge in [-0.05, 0) is 31.9 Å². The van der Waals surface area contributed by atoms with E-state index in [2.05, 4.69) is 46.7 Å². The fourth-order valence-electron chi connectivity index (χ4n) is 2.86. The number of amides is 2. The first-order valence-corrected chi connectivity index (χ1v) is 7.88. The fraction of sp³-hybridized carbons (Fsp3) is 0.529. The van der Waals surface area contributed by atoms with E-state index in [1.807, 2.05) is 0 Å². The zero-order chi connectivity index (χ0) is 15.9. The molecule has 1 aromatic rings. The second kappa shape index (κ2) is 7.94. The third kappa shape index (κ3) is 4.84. The number of aryl methyl sites for hydroxylation is 1. The van der Waals surface area contributed by atoms with E-state index in [-0.39, 0.29) is 11.8 Å². The number of likely N-dealkylation sites (tertiary alicyclic amines) is 1. The van der Waals surface area contributed by atoms with E-state index < -0.39 is 0 Å². The van der Waals surface area contributed by atoms with Crippen molar-refractivity contribution in [3.8, 4) is 0 Å². The van der Waals surface area contributed by atoms with Gasteiger partial charge in [0.25, 0.3) is 0 Å². The van der Waals surface area contributed by atoms with Crippen LogP contribution in [0.15, 0.2) is 24.3 Å². The smallest absolute Gasteiger partial charge is 0.234 e. The summed E-state index contributed by atoms with van der Waals surface area (Å²) in [5.41, 5.74) is 2.54. The van der Waals surface area contributed by atoms with E-state index in [0.717, 1.165) is 19.4 Å². The summed E-state index contributed by atoms with van der Waals surface area (Å²) in [5, 5.41) is 5.52. The zero-order valence-corrected chi connectivity index (χ0v) is 13.4. The average molecular weight is 303 g/mol.